The summed E-state index contributed by atoms with van der Waals surface area (Å²) in [6, 6.07) is 0.0670. The lowest BCUT2D eigenvalue weighted by molar-refractivity contribution is -0.199. The summed E-state index contributed by atoms with van der Waals surface area (Å²) in [4.78, 5) is 9.33. The first-order valence-corrected chi connectivity index (χ1v) is 9.15. The van der Waals surface area contributed by atoms with E-state index < -0.39 is 6.10 Å². The Morgan fingerprint density at radius 1 is 1.04 bits per heavy atom. The highest BCUT2D eigenvalue weighted by molar-refractivity contribution is 5.13. The first-order chi connectivity index (χ1) is 10.9. The molecule has 0 aromatic carbocycles. The van der Waals surface area contributed by atoms with E-state index >= 15 is 0 Å². The highest BCUT2D eigenvalue weighted by Gasteiger charge is 2.58. The Kier molecular flexibility index (Phi) is 5.03. The van der Waals surface area contributed by atoms with E-state index in [2.05, 4.69) is 47.5 Å². The summed E-state index contributed by atoms with van der Waals surface area (Å²) in [6.07, 6.45) is 0.907. The van der Waals surface area contributed by atoms with Gasteiger partial charge < -0.3 is 10.2 Å². The monoisotopic (exact) mass is 326 g/mol. The molecular weight excluding hydrogens is 292 g/mol. The van der Waals surface area contributed by atoms with Crippen LogP contribution in [0.2, 0.25) is 0 Å². The van der Waals surface area contributed by atoms with Gasteiger partial charge >= 0.3 is 0 Å². The van der Waals surface area contributed by atoms with Crippen molar-refractivity contribution in [1.82, 2.24) is 19.6 Å². The zero-order valence-electron chi connectivity index (χ0n) is 15.1. The van der Waals surface area contributed by atoms with Gasteiger partial charge in [0.15, 0.2) is 0 Å². The van der Waals surface area contributed by atoms with Gasteiger partial charge in [-0.05, 0) is 40.0 Å². The van der Waals surface area contributed by atoms with E-state index in [9.17, 15) is 10.2 Å². The number of fused-ring (bicyclic) bond motifs is 1. The van der Waals surface area contributed by atoms with Crippen LogP contribution in [-0.4, -0.2) is 107 Å². The number of rotatable bonds is 2. The first-order valence-electron chi connectivity index (χ1n) is 9.15. The van der Waals surface area contributed by atoms with Crippen molar-refractivity contribution >= 4 is 0 Å². The summed E-state index contributed by atoms with van der Waals surface area (Å²) >= 11 is 0. The SMILES string of the molecule is CCN1CN(C)CC2C(O)CC3(CCN(C)CN3CC)C(O)C21. The van der Waals surface area contributed by atoms with Crippen molar-refractivity contribution in [2.75, 3.05) is 53.6 Å². The molecule has 0 radical (unpaired) electrons. The molecule has 23 heavy (non-hydrogen) atoms. The maximum atomic E-state index is 11.4. The van der Waals surface area contributed by atoms with Crippen LogP contribution in [-0.2, 0) is 0 Å². The van der Waals surface area contributed by atoms with Gasteiger partial charge in [0.2, 0.25) is 0 Å². The lowest BCUT2D eigenvalue weighted by atomic mass is 9.65. The Morgan fingerprint density at radius 2 is 1.78 bits per heavy atom. The van der Waals surface area contributed by atoms with E-state index in [1.165, 1.54) is 0 Å². The van der Waals surface area contributed by atoms with E-state index in [1.54, 1.807) is 0 Å². The predicted molar refractivity (Wildman–Crippen MR) is 91.0 cm³/mol. The third-order valence-electron chi connectivity index (χ3n) is 6.49. The van der Waals surface area contributed by atoms with Crippen LogP contribution in [0.3, 0.4) is 0 Å². The molecular formula is C17H34N4O2. The number of aliphatic hydroxyl groups is 2. The zero-order chi connectivity index (χ0) is 16.8. The van der Waals surface area contributed by atoms with Crippen LogP contribution in [0.4, 0.5) is 0 Å². The van der Waals surface area contributed by atoms with E-state index in [0.717, 1.165) is 45.9 Å². The number of hydrogen-bond acceptors (Lipinski definition) is 6. The fourth-order valence-electron chi connectivity index (χ4n) is 5.27. The predicted octanol–water partition coefficient (Wildman–Crippen LogP) is -0.325. The molecule has 2 aliphatic heterocycles. The average molecular weight is 326 g/mol. The summed E-state index contributed by atoms with van der Waals surface area (Å²) in [5, 5.41) is 22.4. The Hall–Kier alpha value is -0.240. The summed E-state index contributed by atoms with van der Waals surface area (Å²) in [7, 11) is 4.24. The van der Waals surface area contributed by atoms with Crippen LogP contribution < -0.4 is 0 Å². The van der Waals surface area contributed by atoms with Crippen LogP contribution in [0.5, 0.6) is 0 Å². The minimum atomic E-state index is -0.391. The minimum Gasteiger partial charge on any atom is -0.393 e. The van der Waals surface area contributed by atoms with Crippen molar-refractivity contribution in [3.05, 3.63) is 0 Å². The van der Waals surface area contributed by atoms with Gasteiger partial charge in [0.25, 0.3) is 0 Å². The van der Waals surface area contributed by atoms with Gasteiger partial charge in [0, 0.05) is 25.0 Å². The van der Waals surface area contributed by atoms with Crippen molar-refractivity contribution in [3.8, 4) is 0 Å². The molecule has 0 amide bonds. The number of likely N-dealkylation sites (N-methyl/N-ethyl adjacent to an activating group) is 2. The zero-order valence-corrected chi connectivity index (χ0v) is 15.1. The van der Waals surface area contributed by atoms with E-state index in [1.807, 2.05) is 0 Å². The fraction of sp³-hybridized carbons (Fsp3) is 1.00. The molecule has 0 aromatic heterocycles. The molecule has 3 rings (SSSR count). The Labute approximate surface area is 140 Å². The lowest BCUT2D eigenvalue weighted by Crippen LogP contribution is -2.76. The van der Waals surface area contributed by atoms with E-state index in [4.69, 9.17) is 0 Å². The average Bonchev–Trinajstić information content (AvgIpc) is 2.53. The number of hydrogen-bond donors (Lipinski definition) is 2. The molecule has 5 atom stereocenters. The van der Waals surface area contributed by atoms with Crippen molar-refractivity contribution in [3.63, 3.8) is 0 Å². The minimum absolute atomic E-state index is 0.0670. The molecule has 0 aromatic rings. The molecule has 2 N–H and O–H groups in total. The second-order valence-corrected chi connectivity index (χ2v) is 7.89. The van der Waals surface area contributed by atoms with Crippen molar-refractivity contribution in [2.45, 2.75) is 50.5 Å². The quantitative estimate of drug-likeness (QED) is 0.725. The van der Waals surface area contributed by atoms with Crippen LogP contribution in [0.25, 0.3) is 0 Å². The molecule has 6 heteroatoms. The summed E-state index contributed by atoms with van der Waals surface area (Å²) in [5.74, 6) is 0.146. The molecule has 2 heterocycles. The molecule has 134 valence electrons. The lowest BCUT2D eigenvalue weighted by Gasteiger charge is -2.62. The molecule has 1 saturated carbocycles. The fourth-order valence-corrected chi connectivity index (χ4v) is 5.27. The van der Waals surface area contributed by atoms with Gasteiger partial charge in [-0.15, -0.1) is 0 Å². The van der Waals surface area contributed by atoms with Gasteiger partial charge in [-0.3, -0.25) is 19.6 Å². The largest absolute Gasteiger partial charge is 0.393 e. The Bertz CT molecular complexity index is 423. The molecule has 2 saturated heterocycles. The highest BCUT2D eigenvalue weighted by Crippen LogP contribution is 2.44. The van der Waals surface area contributed by atoms with Gasteiger partial charge in [-0.1, -0.05) is 13.8 Å². The summed E-state index contributed by atoms with van der Waals surface area (Å²) < 4.78 is 0. The molecule has 0 bridgehead atoms. The number of aliphatic hydroxyl groups excluding tert-OH is 2. The van der Waals surface area contributed by atoms with Crippen LogP contribution in [0.1, 0.15) is 26.7 Å². The summed E-state index contributed by atoms with van der Waals surface area (Å²) in [5.41, 5.74) is -0.273. The third kappa shape index (κ3) is 2.83. The highest BCUT2D eigenvalue weighted by atomic mass is 16.3. The van der Waals surface area contributed by atoms with Crippen LogP contribution >= 0.6 is 0 Å². The second kappa shape index (κ2) is 6.58. The maximum Gasteiger partial charge on any atom is 0.0885 e. The van der Waals surface area contributed by atoms with Gasteiger partial charge in [-0.2, -0.15) is 0 Å². The first kappa shape index (κ1) is 17.6. The molecule has 1 spiro atoms. The van der Waals surface area contributed by atoms with E-state index in [0.29, 0.717) is 6.42 Å². The normalized spacial score (nSPS) is 44.6. The molecule has 3 fully saturated rings. The second-order valence-electron chi connectivity index (χ2n) is 7.89. The van der Waals surface area contributed by atoms with Gasteiger partial charge in [-0.25, -0.2) is 0 Å². The van der Waals surface area contributed by atoms with Crippen molar-refractivity contribution in [2.24, 2.45) is 5.92 Å². The van der Waals surface area contributed by atoms with Crippen molar-refractivity contribution in [1.29, 1.82) is 0 Å². The molecule has 1 aliphatic carbocycles. The van der Waals surface area contributed by atoms with Crippen LogP contribution in [0.15, 0.2) is 0 Å². The van der Waals surface area contributed by atoms with Crippen molar-refractivity contribution < 1.29 is 10.2 Å². The van der Waals surface area contributed by atoms with Gasteiger partial charge in [0.05, 0.1) is 31.1 Å². The topological polar surface area (TPSA) is 53.4 Å². The smallest absolute Gasteiger partial charge is 0.0885 e. The van der Waals surface area contributed by atoms with Crippen LogP contribution in [0, 0.1) is 5.92 Å². The summed E-state index contributed by atoms with van der Waals surface area (Å²) in [6.45, 7) is 9.77. The van der Waals surface area contributed by atoms with E-state index in [-0.39, 0.29) is 23.6 Å². The Balaban J connectivity index is 1.92. The molecule has 3 aliphatic rings. The van der Waals surface area contributed by atoms with Gasteiger partial charge in [0.1, 0.15) is 0 Å². The maximum absolute atomic E-state index is 11.4. The standard InChI is InChI=1S/C17H34N4O2/c1-5-20-11-19(4)10-13-14(22)9-17(16(23)15(13)20)7-8-18(3)12-21(17)6-2/h13-16,22-23H,5-12H2,1-4H3. The Morgan fingerprint density at radius 3 is 2.43 bits per heavy atom. The third-order valence-corrected chi connectivity index (χ3v) is 6.49. The molecule has 5 unspecified atom stereocenters. The number of nitrogens with zero attached hydrogens (tertiary/aromatic N) is 4. The molecule has 6 nitrogen and oxygen atoms in total.